The van der Waals surface area contributed by atoms with E-state index in [-0.39, 0.29) is 0 Å². The van der Waals surface area contributed by atoms with Gasteiger partial charge < -0.3 is 10.7 Å². The number of hydrogen-bond acceptors (Lipinski definition) is 3. The van der Waals surface area contributed by atoms with Crippen LogP contribution in [0.3, 0.4) is 0 Å². The first-order valence-corrected chi connectivity index (χ1v) is 5.56. The first-order valence-electron chi connectivity index (χ1n) is 4.57. The molecule has 1 aromatic heterocycles. The number of nitrogens with one attached hydrogen (secondary N) is 1. The second kappa shape index (κ2) is 4.28. The van der Waals surface area contributed by atoms with Crippen molar-refractivity contribution in [2.75, 3.05) is 11.5 Å². The number of imidazole rings is 1. The van der Waals surface area contributed by atoms with Crippen LogP contribution in [0.15, 0.2) is 23.4 Å². The minimum atomic E-state index is 0.746. The van der Waals surface area contributed by atoms with Gasteiger partial charge in [0.05, 0.1) is 16.8 Å². The molecular formula is C11H11N3S. The summed E-state index contributed by atoms with van der Waals surface area (Å²) in [6.07, 6.45) is 0. The summed E-state index contributed by atoms with van der Waals surface area (Å²) in [5.74, 6) is 6.58. The third kappa shape index (κ3) is 2.25. The number of fused-ring (bicyclic) bond motifs is 1. The molecule has 0 bridgehead atoms. The summed E-state index contributed by atoms with van der Waals surface area (Å²) in [6.45, 7) is 1.83. The maximum absolute atomic E-state index is 5.68. The van der Waals surface area contributed by atoms with Crippen LogP contribution in [-0.2, 0) is 0 Å². The molecule has 3 nitrogen and oxygen atoms in total. The predicted octanol–water partition coefficient (Wildman–Crippen LogP) is 2.26. The number of aromatic amines is 1. The molecule has 1 heterocycles. The molecule has 0 radical (unpaired) electrons. The van der Waals surface area contributed by atoms with Gasteiger partial charge in [-0.05, 0) is 25.1 Å². The zero-order valence-corrected chi connectivity index (χ0v) is 9.19. The van der Waals surface area contributed by atoms with Crippen LogP contribution in [0.25, 0.3) is 11.0 Å². The third-order valence-corrected chi connectivity index (χ3v) is 2.70. The van der Waals surface area contributed by atoms with Crippen molar-refractivity contribution in [3.63, 3.8) is 0 Å². The van der Waals surface area contributed by atoms with Crippen molar-refractivity contribution in [1.29, 1.82) is 0 Å². The van der Waals surface area contributed by atoms with Gasteiger partial charge in [0.2, 0.25) is 0 Å². The molecule has 76 valence electrons. The lowest BCUT2D eigenvalue weighted by Gasteiger charge is -1.89. The Morgan fingerprint density at radius 2 is 2.40 bits per heavy atom. The van der Waals surface area contributed by atoms with Crippen LogP contribution in [-0.4, -0.2) is 15.7 Å². The molecule has 0 aliphatic carbocycles. The maximum Gasteiger partial charge on any atom is 0.167 e. The highest BCUT2D eigenvalue weighted by Gasteiger charge is 2.02. The van der Waals surface area contributed by atoms with E-state index in [2.05, 4.69) is 21.8 Å². The molecule has 0 saturated heterocycles. The summed E-state index contributed by atoms with van der Waals surface area (Å²) in [6, 6.07) is 5.65. The van der Waals surface area contributed by atoms with Gasteiger partial charge in [-0.3, -0.25) is 0 Å². The van der Waals surface area contributed by atoms with E-state index < -0.39 is 0 Å². The molecule has 4 heteroatoms. The van der Waals surface area contributed by atoms with Crippen LogP contribution in [0.5, 0.6) is 0 Å². The van der Waals surface area contributed by atoms with Crippen molar-refractivity contribution in [2.45, 2.75) is 12.1 Å². The number of aromatic nitrogens is 2. The fraction of sp³-hybridized carbons (Fsp3) is 0.182. The van der Waals surface area contributed by atoms with E-state index in [1.807, 2.05) is 25.1 Å². The number of nitrogen functional groups attached to an aromatic ring is 1. The summed E-state index contributed by atoms with van der Waals surface area (Å²) in [4.78, 5) is 7.61. The van der Waals surface area contributed by atoms with Crippen LogP contribution >= 0.6 is 11.8 Å². The lowest BCUT2D eigenvalue weighted by molar-refractivity contribution is 1.08. The van der Waals surface area contributed by atoms with Gasteiger partial charge in [-0.2, -0.15) is 0 Å². The second-order valence-electron chi connectivity index (χ2n) is 3.03. The summed E-state index contributed by atoms with van der Waals surface area (Å²) in [5.41, 5.74) is 8.34. The average molecular weight is 217 g/mol. The number of anilines is 1. The largest absolute Gasteiger partial charge is 0.399 e. The average Bonchev–Trinajstić information content (AvgIpc) is 2.60. The molecule has 3 N–H and O–H groups in total. The molecule has 0 saturated carbocycles. The lowest BCUT2D eigenvalue weighted by Crippen LogP contribution is -1.82. The highest BCUT2D eigenvalue weighted by molar-refractivity contribution is 7.99. The number of nitrogens with zero attached hydrogens (tertiary/aromatic N) is 1. The van der Waals surface area contributed by atoms with E-state index in [1.54, 1.807) is 11.8 Å². The normalized spacial score (nSPS) is 9.93. The third-order valence-electron chi connectivity index (χ3n) is 1.94. The van der Waals surface area contributed by atoms with Gasteiger partial charge in [0.15, 0.2) is 5.16 Å². The zero-order chi connectivity index (χ0) is 10.7. The minimum absolute atomic E-state index is 0.746. The molecule has 0 aliphatic heterocycles. The van der Waals surface area contributed by atoms with Gasteiger partial charge in [-0.25, -0.2) is 4.98 Å². The van der Waals surface area contributed by atoms with Gasteiger partial charge in [-0.15, -0.1) is 5.92 Å². The van der Waals surface area contributed by atoms with Crippen molar-refractivity contribution < 1.29 is 0 Å². The molecule has 0 spiro atoms. The van der Waals surface area contributed by atoms with Gasteiger partial charge >= 0.3 is 0 Å². The number of nitrogens with two attached hydrogens (primary N) is 1. The molecule has 0 unspecified atom stereocenters. The Balaban J connectivity index is 2.25. The molecule has 15 heavy (non-hydrogen) atoms. The number of hydrogen-bond donors (Lipinski definition) is 2. The lowest BCUT2D eigenvalue weighted by atomic mass is 10.3. The smallest absolute Gasteiger partial charge is 0.167 e. The first kappa shape index (κ1) is 9.94. The monoisotopic (exact) mass is 217 g/mol. The Morgan fingerprint density at radius 1 is 1.53 bits per heavy atom. The Labute approximate surface area is 92.5 Å². The van der Waals surface area contributed by atoms with Crippen molar-refractivity contribution in [1.82, 2.24) is 9.97 Å². The molecule has 0 aliphatic rings. The molecule has 1 aromatic carbocycles. The Kier molecular flexibility index (Phi) is 2.84. The van der Waals surface area contributed by atoms with Crippen LogP contribution in [0.1, 0.15) is 6.92 Å². The second-order valence-corrected chi connectivity index (χ2v) is 4.00. The zero-order valence-electron chi connectivity index (χ0n) is 8.37. The van der Waals surface area contributed by atoms with E-state index in [4.69, 9.17) is 5.73 Å². The van der Waals surface area contributed by atoms with E-state index >= 15 is 0 Å². The number of H-pyrrole nitrogens is 1. The van der Waals surface area contributed by atoms with Crippen LogP contribution in [0, 0.1) is 11.8 Å². The van der Waals surface area contributed by atoms with Crippen molar-refractivity contribution in [2.24, 2.45) is 0 Å². The number of thioether (sulfide) groups is 1. The molecule has 0 fully saturated rings. The van der Waals surface area contributed by atoms with Crippen LogP contribution in [0.2, 0.25) is 0 Å². The van der Waals surface area contributed by atoms with Crippen LogP contribution < -0.4 is 5.73 Å². The quantitative estimate of drug-likeness (QED) is 0.461. The van der Waals surface area contributed by atoms with Crippen molar-refractivity contribution in [3.8, 4) is 11.8 Å². The van der Waals surface area contributed by atoms with Gasteiger partial charge in [-0.1, -0.05) is 17.7 Å². The van der Waals surface area contributed by atoms with E-state index in [9.17, 15) is 0 Å². The number of benzene rings is 1. The highest BCUT2D eigenvalue weighted by atomic mass is 32.2. The SMILES string of the molecule is CC#CCSc1nc2ccc(N)cc2[nH]1. The summed E-state index contributed by atoms with van der Waals surface area (Å²) >= 11 is 1.60. The Morgan fingerprint density at radius 3 is 3.20 bits per heavy atom. The van der Waals surface area contributed by atoms with E-state index in [0.717, 1.165) is 27.6 Å². The van der Waals surface area contributed by atoms with Gasteiger partial charge in [0, 0.05) is 5.69 Å². The summed E-state index contributed by atoms with van der Waals surface area (Å²) < 4.78 is 0. The van der Waals surface area contributed by atoms with Crippen LogP contribution in [0.4, 0.5) is 5.69 Å². The van der Waals surface area contributed by atoms with Crippen molar-refractivity contribution >= 4 is 28.5 Å². The first-order chi connectivity index (χ1) is 7.29. The summed E-state index contributed by atoms with van der Waals surface area (Å²) in [5, 5.41) is 0.887. The topological polar surface area (TPSA) is 54.7 Å². The number of rotatable bonds is 2. The minimum Gasteiger partial charge on any atom is -0.399 e. The summed E-state index contributed by atoms with van der Waals surface area (Å²) in [7, 11) is 0. The van der Waals surface area contributed by atoms with Gasteiger partial charge in [0.1, 0.15) is 0 Å². The highest BCUT2D eigenvalue weighted by Crippen LogP contribution is 2.20. The fourth-order valence-corrected chi connectivity index (χ4v) is 1.95. The van der Waals surface area contributed by atoms with Gasteiger partial charge in [0.25, 0.3) is 0 Å². The molecule has 2 rings (SSSR count). The predicted molar refractivity (Wildman–Crippen MR) is 64.7 cm³/mol. The molecule has 2 aromatic rings. The fourth-order valence-electron chi connectivity index (χ4n) is 1.25. The standard InChI is InChI=1S/C11H11N3S/c1-2-3-6-15-11-13-9-5-4-8(12)7-10(9)14-11/h4-5,7H,6,12H2,1H3,(H,13,14). The Hall–Kier alpha value is -1.60. The molecule has 0 amide bonds. The van der Waals surface area contributed by atoms with Crippen molar-refractivity contribution in [3.05, 3.63) is 18.2 Å². The Bertz CT molecular complexity index is 533. The molecular weight excluding hydrogens is 206 g/mol. The molecule has 0 atom stereocenters. The van der Waals surface area contributed by atoms with E-state index in [1.165, 1.54) is 0 Å². The maximum atomic E-state index is 5.68. The van der Waals surface area contributed by atoms with E-state index in [0.29, 0.717) is 0 Å².